The molecule has 0 aromatic heterocycles. The number of nitrogens with two attached hydrogens (primary N) is 1. The fourth-order valence-corrected chi connectivity index (χ4v) is 8.53. The molecule has 44 heavy (non-hydrogen) atoms. The molecule has 2 unspecified atom stereocenters. The summed E-state index contributed by atoms with van der Waals surface area (Å²) in [6.45, 7) is 6.33. The van der Waals surface area contributed by atoms with Crippen LogP contribution in [0.4, 0.5) is 0 Å². The monoisotopic (exact) mass is 599 g/mol. The largest absolute Gasteiger partial charge is 0.507 e. The second-order valence-electron chi connectivity index (χ2n) is 14.1. The van der Waals surface area contributed by atoms with E-state index in [0.29, 0.717) is 17.0 Å². The SMILES string of the molecule is CC1CCC(Cc2cccc(-c3cc(C(C)C)c4c(c3O)C(=O)C3C(=O)[C@]5(O)C(=O)C(C(N)=O)C(=O)C[C@@H]5C[C@@H]3C4)c2)CC1. The third-order valence-electron chi connectivity index (χ3n) is 11.0. The van der Waals surface area contributed by atoms with E-state index < -0.39 is 58.3 Å². The number of aromatic hydroxyl groups is 1. The molecule has 2 aromatic carbocycles. The van der Waals surface area contributed by atoms with Crippen molar-refractivity contribution in [3.05, 3.63) is 52.6 Å². The van der Waals surface area contributed by atoms with E-state index in [0.717, 1.165) is 23.5 Å². The zero-order valence-corrected chi connectivity index (χ0v) is 25.6. The molecule has 0 spiro atoms. The molecule has 0 heterocycles. The Hall–Kier alpha value is -3.65. The van der Waals surface area contributed by atoms with Crippen LogP contribution in [0.5, 0.6) is 5.75 Å². The Morgan fingerprint density at radius 3 is 2.39 bits per heavy atom. The molecule has 4 aliphatic carbocycles. The number of Topliss-reactive ketones (excluding diaryl/α,β-unsaturated/α-hetero) is 4. The second kappa shape index (κ2) is 11.1. The number of aliphatic hydroxyl groups is 1. The standard InChI is InChI=1S/C36H41NO7/c1-17(2)24-16-25(21-6-4-5-20(12-21)11-19-9-7-18(3)8-10-19)31(39)29-26(24)14-22-13-23-15-27(38)30(35(37)43)34(42)36(23,44)33(41)28(22)32(29)40/h4-6,12,16-19,22-23,28,30,39,44H,7-11,13-15H2,1-3H3,(H2,37,43)/t18?,19?,22-,23+,28?,30?,36+/m1/s1. The fraction of sp³-hybridized carbons (Fsp3) is 0.528. The van der Waals surface area contributed by atoms with E-state index in [2.05, 4.69) is 19.1 Å². The molecule has 0 bridgehead atoms. The van der Waals surface area contributed by atoms with Crippen molar-refractivity contribution in [3.63, 3.8) is 0 Å². The van der Waals surface area contributed by atoms with Crippen molar-refractivity contribution in [2.75, 3.05) is 0 Å². The van der Waals surface area contributed by atoms with Crippen molar-refractivity contribution in [2.45, 2.75) is 83.7 Å². The number of carbonyl (C=O) groups is 5. The number of hydrogen-bond donors (Lipinski definition) is 3. The lowest BCUT2D eigenvalue weighted by Crippen LogP contribution is -2.68. The normalized spacial score (nSPS) is 31.8. The first-order valence-electron chi connectivity index (χ1n) is 16.0. The average Bonchev–Trinajstić information content (AvgIpc) is 2.96. The molecule has 4 aliphatic rings. The van der Waals surface area contributed by atoms with Crippen LogP contribution in [0.2, 0.25) is 0 Å². The number of phenols is 1. The number of primary amides is 1. The van der Waals surface area contributed by atoms with Gasteiger partial charge < -0.3 is 15.9 Å². The van der Waals surface area contributed by atoms with Crippen LogP contribution in [-0.2, 0) is 32.0 Å². The maximum absolute atomic E-state index is 14.2. The minimum Gasteiger partial charge on any atom is -0.507 e. The molecule has 6 rings (SSSR count). The first-order valence-corrected chi connectivity index (χ1v) is 16.0. The Morgan fingerprint density at radius 2 is 1.73 bits per heavy atom. The highest BCUT2D eigenvalue weighted by atomic mass is 16.3. The number of fused-ring (bicyclic) bond motifs is 3. The number of carbonyl (C=O) groups excluding carboxylic acids is 5. The van der Waals surface area contributed by atoms with Gasteiger partial charge in [0.15, 0.2) is 34.7 Å². The van der Waals surface area contributed by atoms with Crippen molar-refractivity contribution in [1.29, 1.82) is 0 Å². The van der Waals surface area contributed by atoms with Gasteiger partial charge in [0.05, 0.1) is 11.5 Å². The summed E-state index contributed by atoms with van der Waals surface area (Å²) in [5.74, 6) is -8.51. The summed E-state index contributed by atoms with van der Waals surface area (Å²) >= 11 is 0. The summed E-state index contributed by atoms with van der Waals surface area (Å²) in [4.78, 5) is 66.0. The van der Waals surface area contributed by atoms with Crippen LogP contribution in [0, 0.1) is 35.5 Å². The van der Waals surface area contributed by atoms with Gasteiger partial charge in [-0.2, -0.15) is 0 Å². The Kier molecular flexibility index (Phi) is 7.63. The van der Waals surface area contributed by atoms with Crippen LogP contribution in [-0.4, -0.2) is 44.9 Å². The maximum atomic E-state index is 14.2. The van der Waals surface area contributed by atoms with E-state index >= 15 is 0 Å². The number of hydrogen-bond acceptors (Lipinski definition) is 7. The molecule has 0 radical (unpaired) electrons. The molecule has 0 saturated heterocycles. The number of ketones is 4. The lowest BCUT2D eigenvalue weighted by atomic mass is 9.53. The van der Waals surface area contributed by atoms with E-state index in [1.165, 1.54) is 31.2 Å². The van der Waals surface area contributed by atoms with Crippen molar-refractivity contribution in [1.82, 2.24) is 0 Å². The molecule has 3 saturated carbocycles. The Labute approximate surface area is 257 Å². The fourth-order valence-electron chi connectivity index (χ4n) is 8.53. The first-order chi connectivity index (χ1) is 20.8. The van der Waals surface area contributed by atoms with E-state index in [1.54, 1.807) is 0 Å². The van der Waals surface area contributed by atoms with Gasteiger partial charge in [-0.1, -0.05) is 57.9 Å². The van der Waals surface area contributed by atoms with Crippen LogP contribution in [0.25, 0.3) is 11.1 Å². The zero-order valence-electron chi connectivity index (χ0n) is 25.6. The van der Waals surface area contributed by atoms with Gasteiger partial charge in [0.25, 0.3) is 0 Å². The number of benzene rings is 2. The summed E-state index contributed by atoms with van der Waals surface area (Å²) in [5, 5.41) is 23.2. The van der Waals surface area contributed by atoms with Gasteiger partial charge in [0.1, 0.15) is 5.75 Å². The smallest absolute Gasteiger partial charge is 0.235 e. The van der Waals surface area contributed by atoms with E-state index in [9.17, 15) is 34.2 Å². The highest BCUT2D eigenvalue weighted by molar-refractivity contribution is 6.31. The molecule has 8 heteroatoms. The average molecular weight is 600 g/mol. The summed E-state index contributed by atoms with van der Waals surface area (Å²) < 4.78 is 0. The van der Waals surface area contributed by atoms with Crippen molar-refractivity contribution < 1.29 is 34.2 Å². The minimum absolute atomic E-state index is 0.00486. The van der Waals surface area contributed by atoms with Crippen molar-refractivity contribution >= 4 is 29.0 Å². The van der Waals surface area contributed by atoms with Gasteiger partial charge in [-0.3, -0.25) is 24.0 Å². The maximum Gasteiger partial charge on any atom is 0.235 e. The molecular formula is C36H41NO7. The first kappa shape index (κ1) is 30.4. The summed E-state index contributed by atoms with van der Waals surface area (Å²) in [7, 11) is 0. The van der Waals surface area contributed by atoms with Crippen LogP contribution in [0.3, 0.4) is 0 Å². The molecule has 5 atom stereocenters. The summed E-state index contributed by atoms with van der Waals surface area (Å²) in [6.07, 6.45) is 5.84. The van der Waals surface area contributed by atoms with Crippen LogP contribution in [0.1, 0.15) is 92.3 Å². The number of phenolic OH excluding ortho intramolecular Hbond substituents is 1. The number of amides is 1. The topological polar surface area (TPSA) is 152 Å². The second-order valence-corrected chi connectivity index (χ2v) is 14.1. The number of rotatable bonds is 5. The van der Waals surface area contributed by atoms with Gasteiger partial charge in [0.2, 0.25) is 5.91 Å². The molecule has 1 amide bonds. The quantitative estimate of drug-likeness (QED) is 0.429. The third-order valence-corrected chi connectivity index (χ3v) is 11.0. The molecular weight excluding hydrogens is 558 g/mol. The third kappa shape index (κ3) is 4.73. The Balaban J connectivity index is 1.40. The highest BCUT2D eigenvalue weighted by Gasteiger charge is 2.66. The molecule has 2 aromatic rings. The Morgan fingerprint density at radius 1 is 1.02 bits per heavy atom. The summed E-state index contributed by atoms with van der Waals surface area (Å²) in [6, 6.07) is 9.99. The zero-order chi connectivity index (χ0) is 31.7. The lowest BCUT2D eigenvalue weighted by Gasteiger charge is -2.48. The van der Waals surface area contributed by atoms with E-state index in [4.69, 9.17) is 5.73 Å². The molecule has 8 nitrogen and oxygen atoms in total. The summed E-state index contributed by atoms with van der Waals surface area (Å²) in [5.41, 5.74) is 6.72. The Bertz CT molecular complexity index is 1580. The van der Waals surface area contributed by atoms with Gasteiger partial charge in [0, 0.05) is 17.9 Å². The lowest BCUT2D eigenvalue weighted by molar-refractivity contribution is -0.175. The molecule has 4 N–H and O–H groups in total. The van der Waals surface area contributed by atoms with Crippen molar-refractivity contribution in [3.8, 4) is 16.9 Å². The predicted octanol–water partition coefficient (Wildman–Crippen LogP) is 4.49. The molecule has 3 fully saturated rings. The van der Waals surface area contributed by atoms with Crippen LogP contribution < -0.4 is 5.73 Å². The minimum atomic E-state index is -2.65. The van der Waals surface area contributed by atoms with Gasteiger partial charge >= 0.3 is 0 Å². The molecule has 232 valence electrons. The molecule has 0 aliphatic heterocycles. The van der Waals surface area contributed by atoms with E-state index in [-0.39, 0.29) is 36.5 Å². The van der Waals surface area contributed by atoms with Gasteiger partial charge in [-0.05, 0) is 84.1 Å². The van der Waals surface area contributed by atoms with E-state index in [1.807, 2.05) is 32.0 Å². The van der Waals surface area contributed by atoms with Gasteiger partial charge in [-0.15, -0.1) is 0 Å². The van der Waals surface area contributed by atoms with Gasteiger partial charge in [-0.25, -0.2) is 0 Å². The van der Waals surface area contributed by atoms with Crippen LogP contribution in [0.15, 0.2) is 30.3 Å². The highest BCUT2D eigenvalue weighted by Crippen LogP contribution is 2.52. The van der Waals surface area contributed by atoms with Crippen molar-refractivity contribution in [2.24, 2.45) is 41.2 Å². The van der Waals surface area contributed by atoms with Crippen LogP contribution >= 0.6 is 0 Å². The predicted molar refractivity (Wildman–Crippen MR) is 163 cm³/mol.